The molecule has 1 aromatic carbocycles. The first-order valence-corrected chi connectivity index (χ1v) is 5.15. The van der Waals surface area contributed by atoms with Crippen molar-refractivity contribution in [3.05, 3.63) is 34.3 Å². The van der Waals surface area contributed by atoms with Crippen LogP contribution in [-0.4, -0.2) is 11.5 Å². The Bertz CT molecular complexity index is 341. The maximum atomic E-state index is 13.2. The Morgan fingerprint density at radius 2 is 2.14 bits per heavy atom. The van der Waals surface area contributed by atoms with Gasteiger partial charge in [-0.3, -0.25) is 4.79 Å². The summed E-state index contributed by atoms with van der Waals surface area (Å²) >= 11 is 3.30. The number of alkyl halides is 1. The smallest absolute Gasteiger partial charge is 0.173 e. The predicted molar refractivity (Wildman–Crippen MR) is 58.0 cm³/mol. The molecule has 1 aromatic rings. The molecule has 0 aromatic heterocycles. The highest BCUT2D eigenvalue weighted by Gasteiger charge is 2.25. The highest BCUT2D eigenvalue weighted by atomic mass is 79.9. The van der Waals surface area contributed by atoms with Gasteiger partial charge in [0.05, 0.1) is 0 Å². The van der Waals surface area contributed by atoms with Crippen LogP contribution in [0.3, 0.4) is 0 Å². The van der Waals surface area contributed by atoms with Crippen molar-refractivity contribution in [1.29, 1.82) is 0 Å². The second-order valence-corrected chi connectivity index (χ2v) is 4.62. The van der Waals surface area contributed by atoms with E-state index in [0.717, 1.165) is 10.0 Å². The lowest BCUT2D eigenvalue weighted by atomic mass is 9.99. The van der Waals surface area contributed by atoms with Crippen LogP contribution >= 0.6 is 15.9 Å². The van der Waals surface area contributed by atoms with E-state index in [0.29, 0.717) is 0 Å². The summed E-state index contributed by atoms with van der Waals surface area (Å²) in [5, 5.41) is 0. The highest BCUT2D eigenvalue weighted by molar-refractivity contribution is 9.10. The zero-order valence-electron chi connectivity index (χ0n) is 8.18. The van der Waals surface area contributed by atoms with E-state index in [2.05, 4.69) is 15.9 Å². The number of rotatable bonds is 3. The first kappa shape index (κ1) is 11.4. The summed E-state index contributed by atoms with van der Waals surface area (Å²) in [7, 11) is 0. The van der Waals surface area contributed by atoms with E-state index in [-0.39, 0.29) is 6.42 Å². The van der Waals surface area contributed by atoms with Crippen LogP contribution in [0, 0.1) is 0 Å². The van der Waals surface area contributed by atoms with Gasteiger partial charge in [-0.05, 0) is 31.5 Å². The average molecular weight is 259 g/mol. The molecule has 0 saturated heterocycles. The van der Waals surface area contributed by atoms with E-state index in [4.69, 9.17) is 0 Å². The molecule has 0 aliphatic carbocycles. The lowest BCUT2D eigenvalue weighted by molar-refractivity contribution is -0.127. The molecule has 0 spiro atoms. The second-order valence-electron chi connectivity index (χ2n) is 3.70. The minimum Gasteiger partial charge on any atom is -0.296 e. The Balaban J connectivity index is 2.75. The minimum atomic E-state index is -1.75. The fraction of sp³-hybridized carbons (Fsp3) is 0.364. The van der Waals surface area contributed by atoms with Gasteiger partial charge in [-0.25, -0.2) is 4.39 Å². The van der Waals surface area contributed by atoms with Crippen molar-refractivity contribution in [2.45, 2.75) is 25.9 Å². The summed E-state index contributed by atoms with van der Waals surface area (Å²) in [4.78, 5) is 11.4. The van der Waals surface area contributed by atoms with E-state index in [9.17, 15) is 9.18 Å². The third-order valence-electron chi connectivity index (χ3n) is 1.92. The van der Waals surface area contributed by atoms with Crippen LogP contribution in [0.4, 0.5) is 4.39 Å². The third kappa shape index (κ3) is 3.22. The van der Waals surface area contributed by atoms with Crippen LogP contribution in [0.5, 0.6) is 0 Å². The van der Waals surface area contributed by atoms with Gasteiger partial charge in [0, 0.05) is 10.9 Å². The average Bonchev–Trinajstić information content (AvgIpc) is 2.02. The molecule has 14 heavy (non-hydrogen) atoms. The van der Waals surface area contributed by atoms with Crippen LogP contribution < -0.4 is 0 Å². The Hall–Kier alpha value is -0.700. The summed E-state index contributed by atoms with van der Waals surface area (Å²) in [5.74, 6) is -0.393. The predicted octanol–water partition coefficient (Wildman–Crippen LogP) is 3.31. The normalized spacial score (nSPS) is 11.4. The topological polar surface area (TPSA) is 17.1 Å². The lowest BCUT2D eigenvalue weighted by Gasteiger charge is -2.12. The fourth-order valence-electron chi connectivity index (χ4n) is 1.04. The Morgan fingerprint density at radius 3 is 2.64 bits per heavy atom. The van der Waals surface area contributed by atoms with Gasteiger partial charge < -0.3 is 0 Å². The van der Waals surface area contributed by atoms with Crippen molar-refractivity contribution in [2.24, 2.45) is 0 Å². The number of halogens is 2. The SMILES string of the molecule is CC(C)(F)C(=O)Cc1cccc(Br)c1. The minimum absolute atomic E-state index is 0.142. The number of Topliss-reactive ketones (excluding diaryl/α,β-unsaturated/α-hetero) is 1. The van der Waals surface area contributed by atoms with E-state index < -0.39 is 11.5 Å². The molecule has 0 unspecified atom stereocenters. The maximum Gasteiger partial charge on any atom is 0.173 e. The van der Waals surface area contributed by atoms with Crippen molar-refractivity contribution in [1.82, 2.24) is 0 Å². The Morgan fingerprint density at radius 1 is 1.50 bits per heavy atom. The number of carbonyl (C=O) groups is 1. The summed E-state index contributed by atoms with van der Waals surface area (Å²) in [5.41, 5.74) is -0.919. The zero-order chi connectivity index (χ0) is 10.8. The number of hydrogen-bond acceptors (Lipinski definition) is 1. The van der Waals surface area contributed by atoms with Crippen molar-refractivity contribution in [3.8, 4) is 0 Å². The molecular weight excluding hydrogens is 247 g/mol. The van der Waals surface area contributed by atoms with Gasteiger partial charge in [0.25, 0.3) is 0 Å². The molecule has 0 fully saturated rings. The van der Waals surface area contributed by atoms with Gasteiger partial charge in [0.1, 0.15) is 0 Å². The molecule has 0 atom stereocenters. The van der Waals surface area contributed by atoms with Crippen molar-refractivity contribution < 1.29 is 9.18 Å². The van der Waals surface area contributed by atoms with Gasteiger partial charge >= 0.3 is 0 Å². The van der Waals surface area contributed by atoms with Crippen molar-refractivity contribution in [3.63, 3.8) is 0 Å². The van der Waals surface area contributed by atoms with E-state index >= 15 is 0 Å². The molecule has 0 aliphatic rings. The number of ketones is 1. The van der Waals surface area contributed by atoms with Crippen LogP contribution in [-0.2, 0) is 11.2 Å². The fourth-order valence-corrected chi connectivity index (χ4v) is 1.49. The van der Waals surface area contributed by atoms with Gasteiger partial charge in [0.2, 0.25) is 0 Å². The van der Waals surface area contributed by atoms with Gasteiger partial charge in [-0.1, -0.05) is 28.1 Å². The quantitative estimate of drug-likeness (QED) is 0.813. The lowest BCUT2D eigenvalue weighted by Crippen LogP contribution is -2.27. The van der Waals surface area contributed by atoms with E-state index in [1.165, 1.54) is 13.8 Å². The van der Waals surface area contributed by atoms with Crippen LogP contribution in [0.2, 0.25) is 0 Å². The molecule has 1 nitrogen and oxygen atoms in total. The van der Waals surface area contributed by atoms with Gasteiger partial charge in [-0.2, -0.15) is 0 Å². The molecule has 0 saturated carbocycles. The first-order valence-electron chi connectivity index (χ1n) is 4.36. The van der Waals surface area contributed by atoms with Gasteiger partial charge in [0.15, 0.2) is 11.5 Å². The third-order valence-corrected chi connectivity index (χ3v) is 2.41. The summed E-state index contributed by atoms with van der Waals surface area (Å²) in [6.45, 7) is 2.57. The van der Waals surface area contributed by atoms with E-state index in [1.807, 2.05) is 24.3 Å². The monoisotopic (exact) mass is 258 g/mol. The highest BCUT2D eigenvalue weighted by Crippen LogP contribution is 2.16. The largest absolute Gasteiger partial charge is 0.296 e. The number of hydrogen-bond donors (Lipinski definition) is 0. The van der Waals surface area contributed by atoms with Gasteiger partial charge in [-0.15, -0.1) is 0 Å². The van der Waals surface area contributed by atoms with Crippen LogP contribution in [0.1, 0.15) is 19.4 Å². The maximum absolute atomic E-state index is 13.2. The number of benzene rings is 1. The van der Waals surface area contributed by atoms with Crippen molar-refractivity contribution >= 4 is 21.7 Å². The summed E-state index contributed by atoms with van der Waals surface area (Å²) < 4.78 is 14.1. The molecule has 0 radical (unpaired) electrons. The first-order chi connectivity index (χ1) is 6.39. The molecule has 0 heterocycles. The molecular formula is C11H12BrFO. The van der Waals surface area contributed by atoms with E-state index in [1.54, 1.807) is 0 Å². The molecule has 0 aliphatic heterocycles. The molecule has 0 bridgehead atoms. The molecule has 76 valence electrons. The summed E-state index contributed by atoms with van der Waals surface area (Å²) in [6, 6.07) is 7.34. The molecule has 1 rings (SSSR count). The van der Waals surface area contributed by atoms with Crippen LogP contribution in [0.25, 0.3) is 0 Å². The second kappa shape index (κ2) is 4.22. The molecule has 0 N–H and O–H groups in total. The van der Waals surface area contributed by atoms with Crippen molar-refractivity contribution in [2.75, 3.05) is 0 Å². The zero-order valence-corrected chi connectivity index (χ0v) is 9.77. The Labute approximate surface area is 91.5 Å². The summed E-state index contributed by atoms with van der Waals surface area (Å²) in [6.07, 6.45) is 0.142. The molecule has 3 heteroatoms. The van der Waals surface area contributed by atoms with Crippen LogP contribution in [0.15, 0.2) is 28.7 Å². The molecule has 0 amide bonds. The Kier molecular flexibility index (Phi) is 3.43. The standard InChI is InChI=1S/C11H12BrFO/c1-11(2,13)10(14)7-8-4-3-5-9(12)6-8/h3-6H,7H2,1-2H3. The number of carbonyl (C=O) groups excluding carboxylic acids is 1.